The molecule has 0 aromatic carbocycles. The molecule has 0 unspecified atom stereocenters. The van der Waals surface area contributed by atoms with E-state index in [2.05, 4.69) is 20.6 Å². The summed E-state index contributed by atoms with van der Waals surface area (Å²) in [6.45, 7) is 0. The zero-order valence-electron chi connectivity index (χ0n) is 14.4. The predicted molar refractivity (Wildman–Crippen MR) is 92.0 cm³/mol. The molecule has 4 rings (SSSR count). The Kier molecular flexibility index (Phi) is 4.81. The maximum absolute atomic E-state index is 12.2. The fourth-order valence-corrected chi connectivity index (χ4v) is 3.36. The molecule has 136 valence electrons. The molecule has 0 saturated heterocycles. The van der Waals surface area contributed by atoms with Gasteiger partial charge in [0.05, 0.1) is 12.3 Å². The summed E-state index contributed by atoms with van der Waals surface area (Å²) in [6.07, 6.45) is 10.1. The van der Waals surface area contributed by atoms with Crippen molar-refractivity contribution in [1.29, 1.82) is 0 Å². The summed E-state index contributed by atoms with van der Waals surface area (Å²) in [5.74, 6) is 1.42. The quantitative estimate of drug-likeness (QED) is 0.730. The van der Waals surface area contributed by atoms with E-state index < -0.39 is 0 Å². The van der Waals surface area contributed by atoms with Gasteiger partial charge < -0.3 is 14.3 Å². The third-order valence-electron chi connectivity index (χ3n) is 4.74. The highest BCUT2D eigenvalue weighted by Crippen LogP contribution is 2.27. The van der Waals surface area contributed by atoms with E-state index in [1.54, 1.807) is 18.4 Å². The van der Waals surface area contributed by atoms with Crippen molar-refractivity contribution >= 4 is 5.91 Å². The number of hydrogen-bond acceptors (Lipinski definition) is 6. The lowest BCUT2D eigenvalue weighted by Gasteiger charge is -2.29. The lowest BCUT2D eigenvalue weighted by atomic mass is 9.91. The Bertz CT molecular complexity index is 817. The molecule has 8 nitrogen and oxygen atoms in total. The fourth-order valence-electron chi connectivity index (χ4n) is 3.36. The zero-order chi connectivity index (χ0) is 17.8. The van der Waals surface area contributed by atoms with Gasteiger partial charge in [0.25, 0.3) is 0 Å². The third-order valence-corrected chi connectivity index (χ3v) is 4.74. The highest BCUT2D eigenvalue weighted by molar-refractivity contribution is 5.76. The molecule has 0 atom stereocenters. The molecule has 0 bridgehead atoms. The maximum Gasteiger partial charge on any atom is 0.238 e. The van der Waals surface area contributed by atoms with Crippen LogP contribution in [0.25, 0.3) is 11.6 Å². The van der Waals surface area contributed by atoms with E-state index in [0.29, 0.717) is 36.4 Å². The molecule has 3 aromatic rings. The van der Waals surface area contributed by atoms with E-state index >= 15 is 0 Å². The van der Waals surface area contributed by atoms with Crippen LogP contribution in [-0.4, -0.2) is 31.9 Å². The number of amides is 1. The largest absolute Gasteiger partial charge is 0.461 e. The van der Waals surface area contributed by atoms with Crippen LogP contribution in [-0.2, 0) is 11.2 Å². The molecule has 26 heavy (non-hydrogen) atoms. The summed E-state index contributed by atoms with van der Waals surface area (Å²) in [5, 5.41) is 11.3. The molecule has 0 aliphatic heterocycles. The van der Waals surface area contributed by atoms with Crippen LogP contribution in [0.3, 0.4) is 0 Å². The van der Waals surface area contributed by atoms with Crippen molar-refractivity contribution in [2.45, 2.75) is 50.6 Å². The van der Waals surface area contributed by atoms with Gasteiger partial charge in [0.2, 0.25) is 17.6 Å². The van der Waals surface area contributed by atoms with Gasteiger partial charge in [-0.05, 0) is 43.9 Å². The first-order valence-electron chi connectivity index (χ1n) is 8.93. The normalized spacial score (nSPS) is 20.2. The number of nitrogens with one attached hydrogen (secondary N) is 1. The Balaban J connectivity index is 1.21. The monoisotopic (exact) mass is 355 g/mol. The van der Waals surface area contributed by atoms with Crippen molar-refractivity contribution in [3.63, 3.8) is 0 Å². The summed E-state index contributed by atoms with van der Waals surface area (Å²) >= 11 is 0. The molecule has 1 aliphatic carbocycles. The molecule has 1 amide bonds. The van der Waals surface area contributed by atoms with Gasteiger partial charge in [-0.2, -0.15) is 10.1 Å². The minimum atomic E-state index is 0.0188. The highest BCUT2D eigenvalue weighted by atomic mass is 16.5. The highest BCUT2D eigenvalue weighted by Gasteiger charge is 2.23. The molecule has 1 saturated carbocycles. The van der Waals surface area contributed by atoms with Crippen LogP contribution in [0.2, 0.25) is 0 Å². The minimum absolute atomic E-state index is 0.0188. The topological polar surface area (TPSA) is 99.0 Å². The van der Waals surface area contributed by atoms with E-state index in [1.807, 2.05) is 23.1 Å². The van der Waals surface area contributed by atoms with Gasteiger partial charge in [-0.25, -0.2) is 0 Å². The van der Waals surface area contributed by atoms with E-state index in [4.69, 9.17) is 8.94 Å². The Morgan fingerprint density at radius 3 is 2.88 bits per heavy atom. The van der Waals surface area contributed by atoms with E-state index in [-0.39, 0.29) is 11.9 Å². The standard InChI is InChI=1S/C18H21N5O3/c24-16(8-9-17-21-18(22-26-17)15-3-1-12-25-15)20-13-4-6-14(7-5-13)23-11-2-10-19-23/h1-3,10-14H,4-9H2,(H,20,24). The number of rotatable bonds is 6. The molecule has 1 fully saturated rings. The molecular weight excluding hydrogens is 334 g/mol. The Morgan fingerprint density at radius 2 is 2.15 bits per heavy atom. The van der Waals surface area contributed by atoms with Gasteiger partial charge in [-0.1, -0.05) is 5.16 Å². The molecule has 0 spiro atoms. The van der Waals surface area contributed by atoms with Crippen molar-refractivity contribution in [2.75, 3.05) is 0 Å². The molecule has 3 aromatic heterocycles. The van der Waals surface area contributed by atoms with Crippen LogP contribution in [0.4, 0.5) is 0 Å². The number of furan rings is 1. The van der Waals surface area contributed by atoms with Crippen LogP contribution in [0, 0.1) is 0 Å². The summed E-state index contributed by atoms with van der Waals surface area (Å²) < 4.78 is 12.4. The van der Waals surface area contributed by atoms with Gasteiger partial charge >= 0.3 is 0 Å². The Morgan fingerprint density at radius 1 is 1.27 bits per heavy atom. The van der Waals surface area contributed by atoms with E-state index in [1.165, 1.54) is 0 Å². The van der Waals surface area contributed by atoms with Crippen LogP contribution in [0.15, 0.2) is 45.8 Å². The van der Waals surface area contributed by atoms with Crippen LogP contribution >= 0.6 is 0 Å². The van der Waals surface area contributed by atoms with Gasteiger partial charge in [-0.3, -0.25) is 9.48 Å². The summed E-state index contributed by atoms with van der Waals surface area (Å²) in [5.41, 5.74) is 0. The number of carbonyl (C=O) groups excluding carboxylic acids is 1. The molecular formula is C18H21N5O3. The molecule has 1 aliphatic rings. The van der Waals surface area contributed by atoms with Crippen LogP contribution in [0.1, 0.15) is 44.0 Å². The van der Waals surface area contributed by atoms with Gasteiger partial charge in [-0.15, -0.1) is 0 Å². The molecule has 8 heteroatoms. The summed E-state index contributed by atoms with van der Waals surface area (Å²) in [6, 6.07) is 6.15. The second-order valence-corrected chi connectivity index (χ2v) is 6.55. The number of aromatic nitrogens is 4. The summed E-state index contributed by atoms with van der Waals surface area (Å²) in [7, 11) is 0. The number of nitrogens with zero attached hydrogens (tertiary/aromatic N) is 4. The van der Waals surface area contributed by atoms with Crippen LogP contribution < -0.4 is 5.32 Å². The van der Waals surface area contributed by atoms with E-state index in [9.17, 15) is 4.79 Å². The Hall–Kier alpha value is -2.90. The van der Waals surface area contributed by atoms with Gasteiger partial charge in [0, 0.05) is 31.3 Å². The van der Waals surface area contributed by atoms with Crippen molar-refractivity contribution < 1.29 is 13.7 Å². The predicted octanol–water partition coefficient (Wildman–Crippen LogP) is 2.76. The number of aryl methyl sites for hydroxylation is 1. The average molecular weight is 355 g/mol. The van der Waals surface area contributed by atoms with Gasteiger partial charge in [0.1, 0.15) is 0 Å². The zero-order valence-corrected chi connectivity index (χ0v) is 14.4. The first kappa shape index (κ1) is 16.6. The van der Waals surface area contributed by atoms with Crippen molar-refractivity contribution in [1.82, 2.24) is 25.2 Å². The van der Waals surface area contributed by atoms with E-state index in [0.717, 1.165) is 25.7 Å². The summed E-state index contributed by atoms with van der Waals surface area (Å²) in [4.78, 5) is 16.4. The smallest absolute Gasteiger partial charge is 0.238 e. The average Bonchev–Trinajstić information content (AvgIpc) is 3.42. The lowest BCUT2D eigenvalue weighted by Crippen LogP contribution is -2.38. The molecule has 1 N–H and O–H groups in total. The van der Waals surface area contributed by atoms with Crippen molar-refractivity contribution in [3.05, 3.63) is 42.7 Å². The Labute approximate surface area is 150 Å². The van der Waals surface area contributed by atoms with Crippen LogP contribution in [0.5, 0.6) is 0 Å². The second kappa shape index (κ2) is 7.55. The van der Waals surface area contributed by atoms with Crippen molar-refractivity contribution in [3.8, 4) is 11.6 Å². The fraction of sp³-hybridized carbons (Fsp3) is 0.444. The minimum Gasteiger partial charge on any atom is -0.461 e. The molecule has 0 radical (unpaired) electrons. The number of hydrogen-bond donors (Lipinski definition) is 1. The third kappa shape index (κ3) is 3.84. The second-order valence-electron chi connectivity index (χ2n) is 6.55. The van der Waals surface area contributed by atoms with Gasteiger partial charge in [0.15, 0.2) is 5.76 Å². The first-order chi connectivity index (χ1) is 12.8. The lowest BCUT2D eigenvalue weighted by molar-refractivity contribution is -0.122. The first-order valence-corrected chi connectivity index (χ1v) is 8.93. The SMILES string of the molecule is O=C(CCc1nc(-c2ccco2)no1)NC1CCC(n2cccn2)CC1. The molecule has 3 heterocycles. The maximum atomic E-state index is 12.2. The van der Waals surface area contributed by atoms with Crippen molar-refractivity contribution in [2.24, 2.45) is 0 Å². The number of carbonyl (C=O) groups is 1.